The van der Waals surface area contributed by atoms with Crippen molar-refractivity contribution in [3.63, 3.8) is 0 Å². The van der Waals surface area contributed by atoms with E-state index in [9.17, 15) is 14.4 Å². The standard InChI is InChI=1S/C18H28N4O4/c1-6-26-18(25)15-12(2)16(19-13(15)3)17(24)22-9-7-21(8-10-22)11-14(23)20(4)5/h19H,6-11H2,1-5H3. The van der Waals surface area contributed by atoms with Gasteiger partial charge in [0, 0.05) is 46.0 Å². The summed E-state index contributed by atoms with van der Waals surface area (Å²) in [6.07, 6.45) is 0. The molecule has 2 amide bonds. The summed E-state index contributed by atoms with van der Waals surface area (Å²) in [5.41, 5.74) is 2.13. The minimum Gasteiger partial charge on any atom is -0.462 e. The first-order valence-corrected chi connectivity index (χ1v) is 8.84. The fraction of sp³-hybridized carbons (Fsp3) is 0.611. The predicted octanol–water partition coefficient (Wildman–Crippen LogP) is 0.654. The van der Waals surface area contributed by atoms with Crippen LogP contribution in [0.1, 0.15) is 39.0 Å². The Morgan fingerprint density at radius 2 is 1.73 bits per heavy atom. The smallest absolute Gasteiger partial charge is 0.340 e. The number of nitrogens with one attached hydrogen (secondary N) is 1. The SMILES string of the molecule is CCOC(=O)c1c(C)[nH]c(C(=O)N2CCN(CC(=O)N(C)C)CC2)c1C. The Bertz CT molecular complexity index is 688. The van der Waals surface area contributed by atoms with E-state index >= 15 is 0 Å². The van der Waals surface area contributed by atoms with Gasteiger partial charge in [0.1, 0.15) is 5.69 Å². The van der Waals surface area contributed by atoms with Gasteiger partial charge in [-0.1, -0.05) is 0 Å². The number of piperazine rings is 1. The van der Waals surface area contributed by atoms with Gasteiger partial charge in [0.15, 0.2) is 0 Å². The third-order valence-corrected chi connectivity index (χ3v) is 4.65. The molecular formula is C18H28N4O4. The van der Waals surface area contributed by atoms with Gasteiger partial charge in [-0.3, -0.25) is 14.5 Å². The third kappa shape index (κ3) is 4.24. The number of ether oxygens (including phenoxy) is 1. The average Bonchev–Trinajstić information content (AvgIpc) is 2.89. The minimum atomic E-state index is -0.412. The Labute approximate surface area is 154 Å². The molecule has 0 unspecified atom stereocenters. The lowest BCUT2D eigenvalue weighted by atomic mass is 10.1. The van der Waals surface area contributed by atoms with E-state index in [1.165, 1.54) is 0 Å². The summed E-state index contributed by atoms with van der Waals surface area (Å²) in [7, 11) is 3.47. The number of esters is 1. The predicted molar refractivity (Wildman–Crippen MR) is 97.3 cm³/mol. The van der Waals surface area contributed by atoms with Gasteiger partial charge in [-0.2, -0.15) is 0 Å². The minimum absolute atomic E-state index is 0.0553. The lowest BCUT2D eigenvalue weighted by molar-refractivity contribution is -0.130. The molecule has 1 aromatic heterocycles. The van der Waals surface area contributed by atoms with Crippen molar-refractivity contribution in [2.24, 2.45) is 0 Å². The monoisotopic (exact) mass is 364 g/mol. The maximum atomic E-state index is 12.9. The maximum Gasteiger partial charge on any atom is 0.340 e. The molecule has 2 rings (SSSR count). The number of amides is 2. The zero-order valence-corrected chi connectivity index (χ0v) is 16.2. The van der Waals surface area contributed by atoms with Gasteiger partial charge in [0.05, 0.1) is 18.7 Å². The fourth-order valence-corrected chi connectivity index (χ4v) is 3.07. The molecule has 8 heteroatoms. The highest BCUT2D eigenvalue weighted by Gasteiger charge is 2.28. The van der Waals surface area contributed by atoms with Gasteiger partial charge in [-0.15, -0.1) is 0 Å². The topological polar surface area (TPSA) is 86.0 Å². The molecule has 0 atom stereocenters. The molecule has 1 aliphatic heterocycles. The van der Waals surface area contributed by atoms with E-state index in [1.54, 1.807) is 44.7 Å². The number of aromatic amines is 1. The van der Waals surface area contributed by atoms with Crippen molar-refractivity contribution < 1.29 is 19.1 Å². The van der Waals surface area contributed by atoms with Gasteiger partial charge in [-0.05, 0) is 26.3 Å². The summed E-state index contributed by atoms with van der Waals surface area (Å²) in [5.74, 6) is -0.482. The largest absolute Gasteiger partial charge is 0.462 e. The van der Waals surface area contributed by atoms with Gasteiger partial charge in [-0.25, -0.2) is 4.79 Å². The van der Waals surface area contributed by atoms with Crippen LogP contribution in [0.5, 0.6) is 0 Å². The highest BCUT2D eigenvalue weighted by molar-refractivity contribution is 6.00. The first-order chi connectivity index (χ1) is 12.3. The number of H-pyrrole nitrogens is 1. The Morgan fingerprint density at radius 1 is 1.12 bits per heavy atom. The Kier molecular flexibility index (Phi) is 6.42. The van der Waals surface area contributed by atoms with Gasteiger partial charge in [0.2, 0.25) is 5.91 Å². The molecule has 0 spiro atoms. The maximum absolute atomic E-state index is 12.9. The highest BCUT2D eigenvalue weighted by Crippen LogP contribution is 2.21. The Hall–Kier alpha value is -2.35. The molecule has 8 nitrogen and oxygen atoms in total. The van der Waals surface area contributed by atoms with Crippen molar-refractivity contribution in [3.8, 4) is 0 Å². The number of hydrogen-bond acceptors (Lipinski definition) is 5. The molecule has 0 saturated carbocycles. The normalized spacial score (nSPS) is 15.0. The molecular weight excluding hydrogens is 336 g/mol. The van der Waals surface area contributed by atoms with Crippen LogP contribution in [0.2, 0.25) is 0 Å². The first kappa shape index (κ1) is 20.0. The van der Waals surface area contributed by atoms with Crippen molar-refractivity contribution >= 4 is 17.8 Å². The molecule has 2 heterocycles. The van der Waals surface area contributed by atoms with Crippen LogP contribution in [0, 0.1) is 13.8 Å². The van der Waals surface area contributed by atoms with Crippen LogP contribution in [-0.4, -0.2) is 90.9 Å². The highest BCUT2D eigenvalue weighted by atomic mass is 16.5. The number of hydrogen-bond donors (Lipinski definition) is 1. The second-order valence-corrected chi connectivity index (χ2v) is 6.70. The molecule has 26 heavy (non-hydrogen) atoms. The van der Waals surface area contributed by atoms with Crippen molar-refractivity contribution in [1.82, 2.24) is 19.7 Å². The van der Waals surface area contributed by atoms with Gasteiger partial charge >= 0.3 is 5.97 Å². The molecule has 144 valence electrons. The van der Waals surface area contributed by atoms with Crippen LogP contribution in [0.15, 0.2) is 0 Å². The second kappa shape index (κ2) is 8.35. The van der Waals surface area contributed by atoms with E-state index in [0.29, 0.717) is 61.8 Å². The zero-order valence-electron chi connectivity index (χ0n) is 16.2. The molecule has 0 aromatic carbocycles. The van der Waals surface area contributed by atoms with Crippen molar-refractivity contribution in [3.05, 3.63) is 22.5 Å². The summed E-state index contributed by atoms with van der Waals surface area (Å²) >= 11 is 0. The van der Waals surface area contributed by atoms with E-state index in [2.05, 4.69) is 4.98 Å². The van der Waals surface area contributed by atoms with Crippen LogP contribution < -0.4 is 0 Å². The summed E-state index contributed by atoms with van der Waals surface area (Å²) in [5, 5.41) is 0. The van der Waals surface area contributed by atoms with Crippen molar-refractivity contribution in [1.29, 1.82) is 0 Å². The Balaban J connectivity index is 2.04. The summed E-state index contributed by atoms with van der Waals surface area (Å²) < 4.78 is 5.07. The number of aryl methyl sites for hydroxylation is 1. The quantitative estimate of drug-likeness (QED) is 0.776. The number of likely N-dealkylation sites (N-methyl/N-ethyl adjacent to an activating group) is 1. The molecule has 0 bridgehead atoms. The average molecular weight is 364 g/mol. The van der Waals surface area contributed by atoms with E-state index in [-0.39, 0.29) is 11.8 Å². The second-order valence-electron chi connectivity index (χ2n) is 6.70. The number of aromatic nitrogens is 1. The molecule has 1 aromatic rings. The van der Waals surface area contributed by atoms with E-state index in [0.717, 1.165) is 0 Å². The van der Waals surface area contributed by atoms with E-state index in [1.807, 2.05) is 4.90 Å². The number of carbonyl (C=O) groups is 3. The van der Waals surface area contributed by atoms with E-state index < -0.39 is 5.97 Å². The summed E-state index contributed by atoms with van der Waals surface area (Å²) in [6.45, 7) is 8.32. The zero-order chi connectivity index (χ0) is 19.4. The first-order valence-electron chi connectivity index (χ1n) is 8.84. The molecule has 0 radical (unpaired) electrons. The van der Waals surface area contributed by atoms with Crippen LogP contribution in [0.25, 0.3) is 0 Å². The number of rotatable bonds is 5. The van der Waals surface area contributed by atoms with Crippen molar-refractivity contribution in [2.75, 3.05) is 53.4 Å². The summed E-state index contributed by atoms with van der Waals surface area (Å²) in [4.78, 5) is 45.2. The molecule has 1 saturated heterocycles. The molecule has 1 N–H and O–H groups in total. The lowest BCUT2D eigenvalue weighted by Crippen LogP contribution is -2.51. The lowest BCUT2D eigenvalue weighted by Gasteiger charge is -2.34. The number of carbonyl (C=O) groups excluding carboxylic acids is 3. The van der Waals surface area contributed by atoms with Crippen LogP contribution in [0.4, 0.5) is 0 Å². The van der Waals surface area contributed by atoms with Crippen LogP contribution in [-0.2, 0) is 9.53 Å². The van der Waals surface area contributed by atoms with Gasteiger partial charge < -0.3 is 19.5 Å². The molecule has 1 fully saturated rings. The fourth-order valence-electron chi connectivity index (χ4n) is 3.07. The third-order valence-electron chi connectivity index (χ3n) is 4.65. The number of nitrogens with zero attached hydrogens (tertiary/aromatic N) is 3. The molecule has 0 aliphatic carbocycles. The van der Waals surface area contributed by atoms with Gasteiger partial charge in [0.25, 0.3) is 5.91 Å². The van der Waals surface area contributed by atoms with Crippen LogP contribution in [0.3, 0.4) is 0 Å². The van der Waals surface area contributed by atoms with E-state index in [4.69, 9.17) is 4.74 Å². The summed E-state index contributed by atoms with van der Waals surface area (Å²) in [6, 6.07) is 0. The Morgan fingerprint density at radius 3 is 2.27 bits per heavy atom. The van der Waals surface area contributed by atoms with Crippen LogP contribution >= 0.6 is 0 Å². The van der Waals surface area contributed by atoms with Crippen molar-refractivity contribution in [2.45, 2.75) is 20.8 Å². The molecule has 1 aliphatic rings.